The van der Waals surface area contributed by atoms with Crippen molar-refractivity contribution in [1.29, 1.82) is 0 Å². The normalized spacial score (nSPS) is 9.84. The van der Waals surface area contributed by atoms with Gasteiger partial charge in [0, 0.05) is 32.1 Å². The van der Waals surface area contributed by atoms with Gasteiger partial charge in [-0.1, -0.05) is 12.1 Å². The molecule has 3 amide bonds. The molecule has 104 valence electrons. The number of nitrogens with one attached hydrogen (secondary N) is 2. The maximum Gasteiger partial charge on any atom is 0.316 e. The Labute approximate surface area is 118 Å². The minimum Gasteiger partial charge on any atom is -0.354 e. The van der Waals surface area contributed by atoms with Crippen molar-refractivity contribution >= 4 is 24.6 Å². The van der Waals surface area contributed by atoms with Crippen molar-refractivity contribution in [3.8, 4) is 0 Å². The Kier molecular flexibility index (Phi) is 6.21. The first-order valence-corrected chi connectivity index (χ1v) is 6.43. The standard InChI is InChI=1S/C13H19N3O2S/c1-16(2)13(18)15-8-7-14-12(17)9-10-3-5-11(19)6-4-10/h3-6,19H,7-9H2,1-2H3,(H,14,17)(H,15,18). The number of nitrogens with zero attached hydrogens (tertiary/aromatic N) is 1. The van der Waals surface area contributed by atoms with Gasteiger partial charge in [0.1, 0.15) is 0 Å². The van der Waals surface area contributed by atoms with Crippen molar-refractivity contribution in [2.24, 2.45) is 0 Å². The smallest absolute Gasteiger partial charge is 0.316 e. The van der Waals surface area contributed by atoms with Gasteiger partial charge in [-0.05, 0) is 17.7 Å². The van der Waals surface area contributed by atoms with Gasteiger partial charge in [-0.25, -0.2) is 4.79 Å². The number of carbonyl (C=O) groups excluding carboxylic acids is 2. The topological polar surface area (TPSA) is 61.4 Å². The summed E-state index contributed by atoms with van der Waals surface area (Å²) in [6, 6.07) is 7.27. The van der Waals surface area contributed by atoms with E-state index < -0.39 is 0 Å². The van der Waals surface area contributed by atoms with E-state index in [-0.39, 0.29) is 11.9 Å². The zero-order valence-electron chi connectivity index (χ0n) is 11.1. The fourth-order valence-electron chi connectivity index (χ4n) is 1.39. The van der Waals surface area contributed by atoms with Crippen LogP contribution in [-0.4, -0.2) is 44.0 Å². The minimum absolute atomic E-state index is 0.0639. The molecule has 0 radical (unpaired) electrons. The minimum atomic E-state index is -0.168. The Hall–Kier alpha value is -1.69. The maximum absolute atomic E-state index is 11.6. The number of amides is 3. The number of thiol groups is 1. The van der Waals surface area contributed by atoms with Crippen LogP contribution in [0.15, 0.2) is 29.2 Å². The molecule has 0 unspecified atom stereocenters. The lowest BCUT2D eigenvalue weighted by Crippen LogP contribution is -2.39. The van der Waals surface area contributed by atoms with Crippen molar-refractivity contribution in [1.82, 2.24) is 15.5 Å². The summed E-state index contributed by atoms with van der Waals surface area (Å²) < 4.78 is 0. The van der Waals surface area contributed by atoms with Gasteiger partial charge in [0.2, 0.25) is 5.91 Å². The molecule has 0 heterocycles. The predicted octanol–water partition coefficient (Wildman–Crippen LogP) is 0.905. The Morgan fingerprint density at radius 1 is 1.11 bits per heavy atom. The summed E-state index contributed by atoms with van der Waals surface area (Å²) in [7, 11) is 3.33. The van der Waals surface area contributed by atoms with Gasteiger partial charge in [0.25, 0.3) is 0 Å². The van der Waals surface area contributed by atoms with Crippen molar-refractivity contribution < 1.29 is 9.59 Å². The van der Waals surface area contributed by atoms with Crippen molar-refractivity contribution in [2.75, 3.05) is 27.2 Å². The first-order chi connectivity index (χ1) is 8.99. The Bertz CT molecular complexity index is 432. The maximum atomic E-state index is 11.6. The summed E-state index contributed by atoms with van der Waals surface area (Å²) in [4.78, 5) is 25.1. The van der Waals surface area contributed by atoms with E-state index in [4.69, 9.17) is 0 Å². The third-order valence-electron chi connectivity index (χ3n) is 2.43. The third kappa shape index (κ3) is 6.15. The first kappa shape index (κ1) is 15.4. The molecule has 0 aromatic heterocycles. The lowest BCUT2D eigenvalue weighted by atomic mass is 10.1. The summed E-state index contributed by atoms with van der Waals surface area (Å²) >= 11 is 4.18. The Morgan fingerprint density at radius 3 is 2.26 bits per heavy atom. The third-order valence-corrected chi connectivity index (χ3v) is 2.73. The predicted molar refractivity (Wildman–Crippen MR) is 77.5 cm³/mol. The second-order valence-electron chi connectivity index (χ2n) is 4.32. The first-order valence-electron chi connectivity index (χ1n) is 5.99. The van der Waals surface area contributed by atoms with Crippen LogP contribution in [0.5, 0.6) is 0 Å². The number of rotatable bonds is 5. The average molecular weight is 281 g/mol. The van der Waals surface area contributed by atoms with Crippen LogP contribution in [0, 0.1) is 0 Å². The molecule has 1 aromatic rings. The van der Waals surface area contributed by atoms with Crippen molar-refractivity contribution in [3.05, 3.63) is 29.8 Å². The van der Waals surface area contributed by atoms with Crippen LogP contribution in [0.1, 0.15) is 5.56 Å². The van der Waals surface area contributed by atoms with Gasteiger partial charge in [-0.2, -0.15) is 0 Å². The number of urea groups is 1. The van der Waals surface area contributed by atoms with E-state index in [0.717, 1.165) is 10.5 Å². The van der Waals surface area contributed by atoms with Crippen LogP contribution in [0.2, 0.25) is 0 Å². The lowest BCUT2D eigenvalue weighted by molar-refractivity contribution is -0.120. The summed E-state index contributed by atoms with van der Waals surface area (Å²) in [6.07, 6.45) is 0.329. The van der Waals surface area contributed by atoms with Crippen LogP contribution < -0.4 is 10.6 Å². The number of benzene rings is 1. The Morgan fingerprint density at radius 2 is 1.68 bits per heavy atom. The molecular weight excluding hydrogens is 262 g/mol. The van der Waals surface area contributed by atoms with Crippen LogP contribution in [0.4, 0.5) is 4.79 Å². The van der Waals surface area contributed by atoms with E-state index in [0.29, 0.717) is 19.5 Å². The van der Waals surface area contributed by atoms with E-state index in [2.05, 4.69) is 23.3 Å². The highest BCUT2D eigenvalue weighted by Crippen LogP contribution is 2.07. The second kappa shape index (κ2) is 7.68. The molecule has 0 bridgehead atoms. The fourth-order valence-corrected chi connectivity index (χ4v) is 1.54. The molecule has 19 heavy (non-hydrogen) atoms. The van der Waals surface area contributed by atoms with E-state index in [9.17, 15) is 9.59 Å². The summed E-state index contributed by atoms with van der Waals surface area (Å²) in [6.45, 7) is 0.835. The molecule has 1 aromatic carbocycles. The van der Waals surface area contributed by atoms with Crippen LogP contribution in [0.3, 0.4) is 0 Å². The van der Waals surface area contributed by atoms with Gasteiger partial charge in [0.05, 0.1) is 6.42 Å². The monoisotopic (exact) mass is 281 g/mol. The van der Waals surface area contributed by atoms with Gasteiger partial charge < -0.3 is 15.5 Å². The SMILES string of the molecule is CN(C)C(=O)NCCNC(=O)Cc1ccc(S)cc1. The molecule has 0 saturated carbocycles. The summed E-state index contributed by atoms with van der Waals surface area (Å²) in [5.41, 5.74) is 0.938. The zero-order valence-corrected chi connectivity index (χ0v) is 12.0. The molecule has 0 saturated heterocycles. The lowest BCUT2D eigenvalue weighted by Gasteiger charge is -2.12. The highest BCUT2D eigenvalue weighted by Gasteiger charge is 2.04. The quantitative estimate of drug-likeness (QED) is 0.555. The van der Waals surface area contributed by atoms with Gasteiger partial charge in [0.15, 0.2) is 0 Å². The molecule has 1 rings (SSSR count). The number of hydrogen-bond acceptors (Lipinski definition) is 3. The zero-order chi connectivity index (χ0) is 14.3. The largest absolute Gasteiger partial charge is 0.354 e. The molecule has 2 N–H and O–H groups in total. The molecule has 0 fully saturated rings. The summed E-state index contributed by atoms with van der Waals surface area (Å²) in [5, 5.41) is 5.42. The highest BCUT2D eigenvalue weighted by molar-refractivity contribution is 7.80. The molecule has 0 aliphatic carbocycles. The number of carbonyl (C=O) groups is 2. The fraction of sp³-hybridized carbons (Fsp3) is 0.385. The van der Waals surface area contributed by atoms with Gasteiger partial charge in [-0.3, -0.25) is 4.79 Å². The molecule has 5 nitrogen and oxygen atoms in total. The molecule has 6 heteroatoms. The molecule has 0 atom stereocenters. The van der Waals surface area contributed by atoms with E-state index in [1.807, 2.05) is 24.3 Å². The van der Waals surface area contributed by atoms with Crippen LogP contribution in [-0.2, 0) is 11.2 Å². The Balaban J connectivity index is 2.21. The van der Waals surface area contributed by atoms with Gasteiger partial charge >= 0.3 is 6.03 Å². The molecule has 0 spiro atoms. The molecule has 0 aliphatic heterocycles. The number of hydrogen-bond donors (Lipinski definition) is 3. The summed E-state index contributed by atoms with van der Waals surface area (Å²) in [5.74, 6) is -0.0639. The van der Waals surface area contributed by atoms with Gasteiger partial charge in [-0.15, -0.1) is 12.6 Å². The van der Waals surface area contributed by atoms with Crippen LogP contribution in [0.25, 0.3) is 0 Å². The van der Waals surface area contributed by atoms with Crippen molar-refractivity contribution in [2.45, 2.75) is 11.3 Å². The highest BCUT2D eigenvalue weighted by atomic mass is 32.1. The van der Waals surface area contributed by atoms with Crippen molar-refractivity contribution in [3.63, 3.8) is 0 Å². The molecule has 0 aliphatic rings. The van der Waals surface area contributed by atoms with E-state index in [1.165, 1.54) is 4.90 Å². The van der Waals surface area contributed by atoms with E-state index in [1.54, 1.807) is 14.1 Å². The van der Waals surface area contributed by atoms with Crippen LogP contribution >= 0.6 is 12.6 Å². The van der Waals surface area contributed by atoms with E-state index >= 15 is 0 Å². The average Bonchev–Trinajstić information content (AvgIpc) is 2.37. The second-order valence-corrected chi connectivity index (χ2v) is 4.84. The molecular formula is C13H19N3O2S.